The first-order valence-electron chi connectivity index (χ1n) is 8.59. The van der Waals surface area contributed by atoms with E-state index in [1.54, 1.807) is 37.2 Å². The van der Waals surface area contributed by atoms with E-state index in [4.69, 9.17) is 0 Å². The number of hydrogen-bond acceptors (Lipinski definition) is 3. The van der Waals surface area contributed by atoms with E-state index in [0.717, 1.165) is 19.5 Å². The van der Waals surface area contributed by atoms with Crippen LogP contribution in [0, 0.1) is 5.82 Å². The lowest BCUT2D eigenvalue weighted by Crippen LogP contribution is -2.41. The van der Waals surface area contributed by atoms with E-state index in [-0.39, 0.29) is 11.7 Å². The van der Waals surface area contributed by atoms with E-state index in [2.05, 4.69) is 28.4 Å². The molecule has 1 heterocycles. The molecule has 25 heavy (non-hydrogen) atoms. The number of nitrogens with zero attached hydrogens (tertiary/aromatic N) is 2. The highest BCUT2D eigenvalue weighted by Gasteiger charge is 2.25. The first-order valence-corrected chi connectivity index (χ1v) is 8.59. The Morgan fingerprint density at radius 2 is 1.92 bits per heavy atom. The number of carbonyl (C=O) groups is 1. The second-order valence-corrected chi connectivity index (χ2v) is 6.54. The summed E-state index contributed by atoms with van der Waals surface area (Å²) in [6.07, 6.45) is 1.04. The van der Waals surface area contributed by atoms with Crippen molar-refractivity contribution in [1.82, 2.24) is 10.2 Å². The molecule has 0 saturated heterocycles. The van der Waals surface area contributed by atoms with E-state index in [9.17, 15) is 9.18 Å². The number of hydrogen-bond donors (Lipinski definition) is 1. The molecule has 4 nitrogen and oxygen atoms in total. The average molecular weight is 341 g/mol. The summed E-state index contributed by atoms with van der Waals surface area (Å²) < 4.78 is 14.1. The molecule has 1 unspecified atom stereocenters. The number of anilines is 1. The van der Waals surface area contributed by atoms with E-state index < -0.39 is 6.04 Å². The first kappa shape index (κ1) is 17.4. The summed E-state index contributed by atoms with van der Waals surface area (Å²) in [5, 5.41) is 2.96. The molecule has 132 valence electrons. The molecule has 0 fully saturated rings. The van der Waals surface area contributed by atoms with E-state index in [1.165, 1.54) is 17.3 Å². The molecule has 2 aromatic carbocycles. The monoisotopic (exact) mass is 341 g/mol. The lowest BCUT2D eigenvalue weighted by atomic mass is 10.0. The van der Waals surface area contributed by atoms with Crippen molar-refractivity contribution in [3.05, 3.63) is 65.5 Å². The molecule has 1 aliphatic heterocycles. The highest BCUT2D eigenvalue weighted by atomic mass is 19.1. The minimum absolute atomic E-state index is 0.178. The van der Waals surface area contributed by atoms with Crippen LogP contribution in [0.3, 0.4) is 0 Å². The molecule has 0 saturated carbocycles. The third kappa shape index (κ3) is 3.82. The van der Waals surface area contributed by atoms with Crippen molar-refractivity contribution in [2.75, 3.05) is 38.6 Å². The number of fused-ring (bicyclic) bond motifs is 1. The molecule has 0 aromatic heterocycles. The van der Waals surface area contributed by atoms with Gasteiger partial charge in [-0.05, 0) is 38.2 Å². The molecule has 1 N–H and O–H groups in total. The summed E-state index contributed by atoms with van der Waals surface area (Å²) in [6, 6.07) is 14.2. The molecule has 1 atom stereocenters. The normalized spacial score (nSPS) is 14.5. The summed E-state index contributed by atoms with van der Waals surface area (Å²) in [5.41, 5.74) is 3.00. The van der Waals surface area contributed by atoms with Gasteiger partial charge in [-0.15, -0.1) is 0 Å². The van der Waals surface area contributed by atoms with Gasteiger partial charge in [0.25, 0.3) is 0 Å². The fourth-order valence-corrected chi connectivity index (χ4v) is 3.40. The number of para-hydroxylation sites is 1. The van der Waals surface area contributed by atoms with Gasteiger partial charge in [0, 0.05) is 30.9 Å². The fourth-order valence-electron chi connectivity index (χ4n) is 3.40. The second kappa shape index (κ2) is 7.66. The Bertz CT molecular complexity index is 747. The van der Waals surface area contributed by atoms with Crippen LogP contribution < -0.4 is 10.2 Å². The summed E-state index contributed by atoms with van der Waals surface area (Å²) in [5.74, 6) is -0.535. The minimum atomic E-state index is -0.632. The summed E-state index contributed by atoms with van der Waals surface area (Å²) in [7, 11) is 3.57. The summed E-state index contributed by atoms with van der Waals surface area (Å²) in [6.45, 7) is 2.26. The zero-order valence-corrected chi connectivity index (χ0v) is 14.7. The lowest BCUT2D eigenvalue weighted by Gasteiger charge is -2.25. The first-order chi connectivity index (χ1) is 12.1. The molecule has 0 radical (unpaired) electrons. The van der Waals surface area contributed by atoms with Crippen molar-refractivity contribution < 1.29 is 9.18 Å². The Hall–Kier alpha value is -2.40. The van der Waals surface area contributed by atoms with Crippen molar-refractivity contribution in [2.45, 2.75) is 12.5 Å². The third-order valence-corrected chi connectivity index (χ3v) is 4.63. The number of amides is 1. The summed E-state index contributed by atoms with van der Waals surface area (Å²) in [4.78, 5) is 16.6. The van der Waals surface area contributed by atoms with Gasteiger partial charge in [-0.2, -0.15) is 0 Å². The zero-order valence-electron chi connectivity index (χ0n) is 14.7. The molecule has 0 spiro atoms. The third-order valence-electron chi connectivity index (χ3n) is 4.63. The van der Waals surface area contributed by atoms with E-state index >= 15 is 0 Å². The number of rotatable bonds is 6. The number of likely N-dealkylation sites (N-methyl/N-ethyl adjacent to an activating group) is 1. The SMILES string of the molecule is CN(C)C(C(=O)NCCN1CCc2ccccc21)c1ccccc1F. The van der Waals surface area contributed by atoms with Crippen molar-refractivity contribution >= 4 is 11.6 Å². The van der Waals surface area contributed by atoms with Gasteiger partial charge in [0.15, 0.2) is 0 Å². The number of halogens is 1. The van der Waals surface area contributed by atoms with Crippen LogP contribution in [0.1, 0.15) is 17.2 Å². The Kier molecular flexibility index (Phi) is 5.34. The Morgan fingerprint density at radius 3 is 2.68 bits per heavy atom. The van der Waals surface area contributed by atoms with Gasteiger partial charge < -0.3 is 10.2 Å². The molecule has 0 aliphatic carbocycles. The maximum Gasteiger partial charge on any atom is 0.242 e. The maximum atomic E-state index is 14.1. The van der Waals surface area contributed by atoms with Gasteiger partial charge in [0.1, 0.15) is 11.9 Å². The van der Waals surface area contributed by atoms with Gasteiger partial charge >= 0.3 is 0 Å². The molecule has 5 heteroatoms. The number of benzene rings is 2. The molecular weight excluding hydrogens is 317 g/mol. The second-order valence-electron chi connectivity index (χ2n) is 6.54. The Balaban J connectivity index is 1.61. The van der Waals surface area contributed by atoms with Crippen molar-refractivity contribution in [1.29, 1.82) is 0 Å². The molecule has 2 aromatic rings. The minimum Gasteiger partial charge on any atom is -0.369 e. The van der Waals surface area contributed by atoms with Gasteiger partial charge in [-0.3, -0.25) is 9.69 Å². The fraction of sp³-hybridized carbons (Fsp3) is 0.350. The van der Waals surface area contributed by atoms with Crippen LogP contribution in [0.2, 0.25) is 0 Å². The zero-order chi connectivity index (χ0) is 17.8. The van der Waals surface area contributed by atoms with Gasteiger partial charge in [0.2, 0.25) is 5.91 Å². The highest BCUT2D eigenvalue weighted by Crippen LogP contribution is 2.26. The predicted octanol–water partition coefficient (Wildman–Crippen LogP) is 2.61. The Morgan fingerprint density at radius 1 is 1.20 bits per heavy atom. The van der Waals surface area contributed by atoms with E-state index in [0.29, 0.717) is 12.1 Å². The quantitative estimate of drug-likeness (QED) is 0.877. The van der Waals surface area contributed by atoms with Crippen LogP contribution in [0.4, 0.5) is 10.1 Å². The van der Waals surface area contributed by atoms with Crippen molar-refractivity contribution in [2.24, 2.45) is 0 Å². The molecular formula is C20H24FN3O. The van der Waals surface area contributed by atoms with Crippen LogP contribution in [-0.4, -0.2) is 44.5 Å². The number of nitrogens with one attached hydrogen (secondary N) is 1. The molecule has 0 bridgehead atoms. The maximum absolute atomic E-state index is 14.1. The van der Waals surface area contributed by atoms with Crippen LogP contribution in [0.15, 0.2) is 48.5 Å². The van der Waals surface area contributed by atoms with Gasteiger partial charge in [0.05, 0.1) is 0 Å². The topological polar surface area (TPSA) is 35.6 Å². The molecule has 3 rings (SSSR count). The predicted molar refractivity (Wildman–Crippen MR) is 98.2 cm³/mol. The van der Waals surface area contributed by atoms with Crippen molar-refractivity contribution in [3.8, 4) is 0 Å². The highest BCUT2D eigenvalue weighted by molar-refractivity contribution is 5.83. The van der Waals surface area contributed by atoms with Crippen LogP contribution in [-0.2, 0) is 11.2 Å². The summed E-state index contributed by atoms with van der Waals surface area (Å²) >= 11 is 0. The van der Waals surface area contributed by atoms with Gasteiger partial charge in [-0.25, -0.2) is 4.39 Å². The molecule has 1 amide bonds. The van der Waals surface area contributed by atoms with E-state index in [1.807, 2.05) is 6.07 Å². The lowest BCUT2D eigenvalue weighted by molar-refractivity contribution is -0.125. The number of carbonyl (C=O) groups excluding carboxylic acids is 1. The standard InChI is InChI=1S/C20H24FN3O/c1-23(2)19(16-8-4-5-9-17(16)21)20(25)22-12-14-24-13-11-15-7-3-6-10-18(15)24/h3-10,19H,11-14H2,1-2H3,(H,22,25). The molecule has 1 aliphatic rings. The van der Waals surface area contributed by atoms with Crippen LogP contribution in [0.5, 0.6) is 0 Å². The van der Waals surface area contributed by atoms with Gasteiger partial charge in [-0.1, -0.05) is 36.4 Å². The average Bonchev–Trinajstić information content (AvgIpc) is 3.00. The smallest absolute Gasteiger partial charge is 0.242 e. The van der Waals surface area contributed by atoms with Crippen molar-refractivity contribution in [3.63, 3.8) is 0 Å². The van der Waals surface area contributed by atoms with Crippen LogP contribution >= 0.6 is 0 Å². The van der Waals surface area contributed by atoms with Crippen LogP contribution in [0.25, 0.3) is 0 Å². The Labute approximate surface area is 148 Å². The largest absolute Gasteiger partial charge is 0.369 e.